The zero-order valence-electron chi connectivity index (χ0n) is 13.2. The molecule has 0 amide bonds. The lowest BCUT2D eigenvalue weighted by atomic mass is 10.0. The van der Waals surface area contributed by atoms with Crippen LogP contribution in [0, 0.1) is 5.92 Å². The Balaban J connectivity index is 1.96. The second kappa shape index (κ2) is 8.52. The predicted octanol–water partition coefficient (Wildman–Crippen LogP) is 4.58. The topological polar surface area (TPSA) is 35.2 Å². The third-order valence-electron chi connectivity index (χ3n) is 3.92. The lowest BCUT2D eigenvalue weighted by Gasteiger charge is -2.18. The summed E-state index contributed by atoms with van der Waals surface area (Å²) in [7, 11) is 0. The molecule has 116 valence electrons. The van der Waals surface area contributed by atoms with Gasteiger partial charge in [-0.3, -0.25) is 0 Å². The normalized spacial score (nSPS) is 13.5. The summed E-state index contributed by atoms with van der Waals surface area (Å²) >= 11 is 0. The number of hydrogen-bond donors (Lipinski definition) is 1. The number of hydrogen-bond acceptors (Lipinski definition) is 2. The smallest absolute Gasteiger partial charge is 0.0797 e. The molecule has 0 heterocycles. The summed E-state index contributed by atoms with van der Waals surface area (Å²) in [5.74, 6) is 0.330. The van der Waals surface area contributed by atoms with E-state index in [4.69, 9.17) is 10.5 Å². The first-order chi connectivity index (χ1) is 10.7. The molecule has 0 radical (unpaired) electrons. The molecule has 0 spiro atoms. The Bertz CT molecular complexity index is 562. The van der Waals surface area contributed by atoms with E-state index in [1.165, 1.54) is 16.7 Å². The summed E-state index contributed by atoms with van der Waals surface area (Å²) in [5.41, 5.74) is 9.24. The molecule has 2 unspecified atom stereocenters. The molecular weight excluding hydrogens is 270 g/mol. The molecule has 2 atom stereocenters. The summed E-state index contributed by atoms with van der Waals surface area (Å²) in [6.45, 7) is 7.26. The molecule has 0 aliphatic rings. The molecule has 0 saturated heterocycles. The molecule has 2 aromatic carbocycles. The minimum absolute atomic E-state index is 0.0741. The average Bonchev–Trinajstić information content (AvgIpc) is 2.59. The predicted molar refractivity (Wildman–Crippen MR) is 93.6 cm³/mol. The van der Waals surface area contributed by atoms with Crippen molar-refractivity contribution < 1.29 is 4.74 Å². The van der Waals surface area contributed by atoms with Gasteiger partial charge in [-0.15, -0.1) is 6.58 Å². The van der Waals surface area contributed by atoms with Gasteiger partial charge in [0.2, 0.25) is 0 Å². The third kappa shape index (κ3) is 4.55. The maximum Gasteiger partial charge on any atom is 0.0797 e. The van der Waals surface area contributed by atoms with E-state index < -0.39 is 0 Å². The minimum Gasteiger partial charge on any atom is -0.373 e. The van der Waals surface area contributed by atoms with E-state index in [1.807, 2.05) is 12.1 Å². The lowest BCUT2D eigenvalue weighted by molar-refractivity contribution is 0.0479. The molecule has 2 aromatic rings. The van der Waals surface area contributed by atoms with Gasteiger partial charge in [0.05, 0.1) is 12.7 Å². The Hall–Kier alpha value is -1.90. The van der Waals surface area contributed by atoms with Crippen LogP contribution in [0.1, 0.15) is 25.0 Å². The molecule has 2 N–H and O–H groups in total. The highest BCUT2D eigenvalue weighted by molar-refractivity contribution is 5.63. The first kappa shape index (κ1) is 16.5. The van der Waals surface area contributed by atoms with E-state index in [-0.39, 0.29) is 6.10 Å². The third-order valence-corrected chi connectivity index (χ3v) is 3.92. The van der Waals surface area contributed by atoms with Crippen molar-refractivity contribution in [2.24, 2.45) is 11.7 Å². The first-order valence-corrected chi connectivity index (χ1v) is 7.84. The van der Waals surface area contributed by atoms with Crippen molar-refractivity contribution in [2.45, 2.75) is 19.4 Å². The molecule has 22 heavy (non-hydrogen) atoms. The van der Waals surface area contributed by atoms with Gasteiger partial charge in [0.25, 0.3) is 0 Å². The Morgan fingerprint density at radius 3 is 2.27 bits per heavy atom. The first-order valence-electron chi connectivity index (χ1n) is 7.84. The van der Waals surface area contributed by atoms with Crippen LogP contribution in [0.2, 0.25) is 0 Å². The van der Waals surface area contributed by atoms with Gasteiger partial charge in [-0.05, 0) is 36.6 Å². The van der Waals surface area contributed by atoms with Gasteiger partial charge in [-0.1, -0.05) is 60.7 Å². The lowest BCUT2D eigenvalue weighted by Crippen LogP contribution is -2.14. The van der Waals surface area contributed by atoms with Crippen LogP contribution >= 0.6 is 0 Å². The highest BCUT2D eigenvalue weighted by atomic mass is 16.5. The molecule has 0 aromatic heterocycles. The molecular formula is C20H25NO. The Labute approximate surface area is 133 Å². The van der Waals surface area contributed by atoms with Gasteiger partial charge in [0.1, 0.15) is 0 Å². The van der Waals surface area contributed by atoms with Crippen LogP contribution in [0.15, 0.2) is 67.3 Å². The monoisotopic (exact) mass is 295 g/mol. The fourth-order valence-electron chi connectivity index (χ4n) is 2.42. The van der Waals surface area contributed by atoms with E-state index in [0.717, 1.165) is 6.42 Å². The van der Waals surface area contributed by atoms with Gasteiger partial charge >= 0.3 is 0 Å². The van der Waals surface area contributed by atoms with Crippen molar-refractivity contribution in [2.75, 3.05) is 13.2 Å². The zero-order valence-corrected chi connectivity index (χ0v) is 13.2. The number of rotatable bonds is 8. The van der Waals surface area contributed by atoms with E-state index in [0.29, 0.717) is 19.1 Å². The molecule has 0 fully saturated rings. The maximum atomic E-state index is 5.95. The largest absolute Gasteiger partial charge is 0.373 e. The van der Waals surface area contributed by atoms with Crippen LogP contribution in [0.5, 0.6) is 0 Å². The van der Waals surface area contributed by atoms with Crippen LogP contribution in [0.25, 0.3) is 11.1 Å². The van der Waals surface area contributed by atoms with Gasteiger partial charge in [0.15, 0.2) is 0 Å². The minimum atomic E-state index is 0.0741. The quantitative estimate of drug-likeness (QED) is 0.723. The van der Waals surface area contributed by atoms with Crippen LogP contribution in [-0.2, 0) is 4.74 Å². The maximum absolute atomic E-state index is 5.95. The summed E-state index contributed by atoms with van der Waals surface area (Å²) in [5, 5.41) is 0. The summed E-state index contributed by atoms with van der Waals surface area (Å²) in [6, 6.07) is 19.0. The van der Waals surface area contributed by atoms with Crippen molar-refractivity contribution in [1.82, 2.24) is 0 Å². The average molecular weight is 295 g/mol. The van der Waals surface area contributed by atoms with Crippen LogP contribution in [0.4, 0.5) is 0 Å². The van der Waals surface area contributed by atoms with Gasteiger partial charge in [-0.25, -0.2) is 0 Å². The SMILES string of the molecule is C=CC(CCN)COC(C)c1ccc(-c2ccccc2)cc1. The van der Waals surface area contributed by atoms with Crippen molar-refractivity contribution in [3.63, 3.8) is 0 Å². The Kier molecular flexibility index (Phi) is 6.38. The fraction of sp³-hybridized carbons (Fsp3) is 0.300. The van der Waals surface area contributed by atoms with Gasteiger partial charge in [-0.2, -0.15) is 0 Å². The van der Waals surface area contributed by atoms with Crippen LogP contribution in [-0.4, -0.2) is 13.2 Å². The van der Waals surface area contributed by atoms with Crippen molar-refractivity contribution in [1.29, 1.82) is 0 Å². The highest BCUT2D eigenvalue weighted by Gasteiger charge is 2.09. The molecule has 2 nitrogen and oxygen atoms in total. The summed E-state index contributed by atoms with van der Waals surface area (Å²) < 4.78 is 5.95. The van der Waals surface area contributed by atoms with E-state index in [9.17, 15) is 0 Å². The molecule has 0 bridgehead atoms. The van der Waals surface area contributed by atoms with Crippen molar-refractivity contribution >= 4 is 0 Å². The van der Waals surface area contributed by atoms with Crippen molar-refractivity contribution in [3.8, 4) is 11.1 Å². The second-order valence-electron chi connectivity index (χ2n) is 5.54. The highest BCUT2D eigenvalue weighted by Crippen LogP contribution is 2.23. The van der Waals surface area contributed by atoms with E-state index >= 15 is 0 Å². The number of nitrogens with two attached hydrogens (primary N) is 1. The molecule has 2 heteroatoms. The standard InChI is InChI=1S/C20H25NO/c1-3-17(13-14-21)15-22-16(2)18-9-11-20(12-10-18)19-7-5-4-6-8-19/h3-12,16-17H,1,13-15,21H2,2H3. The van der Waals surface area contributed by atoms with Crippen molar-refractivity contribution in [3.05, 3.63) is 72.8 Å². The van der Waals surface area contributed by atoms with Crippen LogP contribution < -0.4 is 5.73 Å². The molecule has 0 aliphatic heterocycles. The van der Waals surface area contributed by atoms with Crippen LogP contribution in [0.3, 0.4) is 0 Å². The van der Waals surface area contributed by atoms with E-state index in [2.05, 4.69) is 62.0 Å². The number of benzene rings is 2. The fourth-order valence-corrected chi connectivity index (χ4v) is 2.42. The van der Waals surface area contributed by atoms with E-state index in [1.54, 1.807) is 0 Å². The summed E-state index contributed by atoms with van der Waals surface area (Å²) in [4.78, 5) is 0. The summed E-state index contributed by atoms with van der Waals surface area (Å²) in [6.07, 6.45) is 2.92. The number of ether oxygens (including phenoxy) is 1. The zero-order chi connectivity index (χ0) is 15.8. The Morgan fingerprint density at radius 1 is 1.05 bits per heavy atom. The molecule has 0 saturated carbocycles. The second-order valence-corrected chi connectivity index (χ2v) is 5.54. The Morgan fingerprint density at radius 2 is 1.68 bits per heavy atom. The van der Waals surface area contributed by atoms with Gasteiger partial charge in [0, 0.05) is 5.92 Å². The van der Waals surface area contributed by atoms with Gasteiger partial charge < -0.3 is 10.5 Å². The molecule has 0 aliphatic carbocycles. The molecule has 2 rings (SSSR count).